The van der Waals surface area contributed by atoms with Gasteiger partial charge in [0.15, 0.2) is 5.78 Å². The van der Waals surface area contributed by atoms with Crippen LogP contribution < -0.4 is 0 Å². The quantitative estimate of drug-likeness (QED) is 0.532. The summed E-state index contributed by atoms with van der Waals surface area (Å²) in [6, 6.07) is 10.2. The lowest BCUT2D eigenvalue weighted by Crippen LogP contribution is -2.57. The number of pyridine rings is 1. The molecule has 1 N–H and O–H groups in total. The maximum absolute atomic E-state index is 13.6. The van der Waals surface area contributed by atoms with E-state index in [9.17, 15) is 14.7 Å². The van der Waals surface area contributed by atoms with Crippen molar-refractivity contribution >= 4 is 34.1 Å². The third-order valence-electron chi connectivity index (χ3n) is 10.3. The Morgan fingerprint density at radius 2 is 1.97 bits per heavy atom. The first-order valence-electron chi connectivity index (χ1n) is 13.2. The zero-order valence-corrected chi connectivity index (χ0v) is 21.5. The molecule has 3 fully saturated rings. The molecule has 6 unspecified atom stereocenters. The summed E-state index contributed by atoms with van der Waals surface area (Å²) in [7, 11) is 0. The Labute approximate surface area is 212 Å². The van der Waals surface area contributed by atoms with Gasteiger partial charge in [-0.05, 0) is 84.6 Å². The lowest BCUT2D eigenvalue weighted by atomic mass is 9.46. The molecule has 6 rings (SSSR count). The van der Waals surface area contributed by atoms with Gasteiger partial charge in [0, 0.05) is 23.9 Å². The van der Waals surface area contributed by atoms with Crippen molar-refractivity contribution in [3.05, 3.63) is 48.2 Å². The van der Waals surface area contributed by atoms with Crippen LogP contribution in [0.2, 0.25) is 0 Å². The van der Waals surface area contributed by atoms with Gasteiger partial charge in [0.2, 0.25) is 0 Å². The maximum atomic E-state index is 13.6. The first-order chi connectivity index (χ1) is 16.8. The van der Waals surface area contributed by atoms with Gasteiger partial charge in [0.1, 0.15) is 10.8 Å². The zero-order chi connectivity index (χ0) is 24.4. The van der Waals surface area contributed by atoms with E-state index in [-0.39, 0.29) is 28.4 Å². The topological polar surface area (TPSA) is 67.3 Å². The molecule has 7 atom stereocenters. The van der Waals surface area contributed by atoms with Gasteiger partial charge in [0.25, 0.3) is 0 Å². The number of fused-ring (bicyclic) bond motifs is 6. The summed E-state index contributed by atoms with van der Waals surface area (Å²) in [5.41, 5.74) is 1.05. The Balaban J connectivity index is 1.22. The van der Waals surface area contributed by atoms with Crippen LogP contribution in [-0.2, 0) is 9.59 Å². The number of allylic oxidation sites excluding steroid dienone is 1. The Morgan fingerprint density at radius 3 is 2.83 bits per heavy atom. The number of hydrogen-bond donors (Lipinski definition) is 1. The Bertz CT molecular complexity index is 1220. The fourth-order valence-corrected chi connectivity index (χ4v) is 9.62. The van der Waals surface area contributed by atoms with E-state index in [0.717, 1.165) is 47.9 Å². The minimum atomic E-state index is -0.413. The van der Waals surface area contributed by atoms with E-state index in [0.29, 0.717) is 36.2 Å². The minimum Gasteiger partial charge on any atom is -0.393 e. The Hall–Kier alpha value is -1.98. The first-order valence-corrected chi connectivity index (χ1v) is 14.2. The van der Waals surface area contributed by atoms with Crippen LogP contribution in [0.5, 0.6) is 0 Å². The summed E-state index contributed by atoms with van der Waals surface area (Å²) in [5.74, 6) is 2.11. The highest BCUT2D eigenvalue weighted by Crippen LogP contribution is 2.66. The summed E-state index contributed by atoms with van der Waals surface area (Å²) in [4.78, 5) is 30.3. The largest absolute Gasteiger partial charge is 0.393 e. The van der Waals surface area contributed by atoms with Crippen LogP contribution in [0.25, 0.3) is 10.8 Å². The monoisotopic (exact) mass is 489 g/mol. The molecule has 4 aliphatic rings. The van der Waals surface area contributed by atoms with Crippen LogP contribution in [0.15, 0.2) is 53.2 Å². The van der Waals surface area contributed by atoms with Gasteiger partial charge in [-0.3, -0.25) is 9.59 Å². The van der Waals surface area contributed by atoms with E-state index in [1.807, 2.05) is 30.5 Å². The number of carbonyl (C=O) groups is 2. The molecule has 35 heavy (non-hydrogen) atoms. The lowest BCUT2D eigenvalue weighted by molar-refractivity contribution is -0.143. The molecule has 1 heterocycles. The molecule has 3 saturated carbocycles. The first kappa shape index (κ1) is 23.4. The second kappa shape index (κ2) is 8.55. The van der Waals surface area contributed by atoms with E-state index >= 15 is 0 Å². The number of carbonyl (C=O) groups excluding carboxylic acids is 2. The SMILES string of the molecule is CC12CCC(=O)C=C1CCC1C2[C@@H](O)CC2(C)C(C(=O)CSc3nccc4ccccc34)CCC12. The molecule has 0 amide bonds. The summed E-state index contributed by atoms with van der Waals surface area (Å²) in [6.07, 6.45) is 9.45. The Kier molecular flexibility index (Phi) is 5.72. The molecular formula is C30H35NO3S. The van der Waals surface area contributed by atoms with Crippen molar-refractivity contribution in [1.29, 1.82) is 0 Å². The molecule has 0 bridgehead atoms. The highest BCUT2D eigenvalue weighted by Gasteiger charge is 2.62. The third kappa shape index (κ3) is 3.64. The van der Waals surface area contributed by atoms with Crippen molar-refractivity contribution in [2.75, 3.05) is 5.75 Å². The van der Waals surface area contributed by atoms with E-state index < -0.39 is 6.10 Å². The number of rotatable bonds is 4. The number of aromatic nitrogens is 1. The van der Waals surface area contributed by atoms with E-state index in [1.54, 1.807) is 11.8 Å². The van der Waals surface area contributed by atoms with E-state index in [2.05, 4.69) is 31.0 Å². The predicted molar refractivity (Wildman–Crippen MR) is 139 cm³/mol. The number of nitrogens with zero attached hydrogens (tertiary/aromatic N) is 1. The molecule has 1 aromatic carbocycles. The normalized spacial score (nSPS) is 38.4. The van der Waals surface area contributed by atoms with Crippen molar-refractivity contribution in [3.8, 4) is 0 Å². The highest BCUT2D eigenvalue weighted by atomic mass is 32.2. The van der Waals surface area contributed by atoms with Crippen LogP contribution in [0.3, 0.4) is 0 Å². The molecule has 0 aliphatic heterocycles. The summed E-state index contributed by atoms with van der Waals surface area (Å²) < 4.78 is 0. The van der Waals surface area contributed by atoms with Gasteiger partial charge in [-0.25, -0.2) is 4.98 Å². The van der Waals surface area contributed by atoms with Crippen molar-refractivity contribution in [3.63, 3.8) is 0 Å². The maximum Gasteiger partial charge on any atom is 0.155 e. The molecule has 5 heteroatoms. The minimum absolute atomic E-state index is 0.00301. The molecule has 184 valence electrons. The molecule has 4 nitrogen and oxygen atoms in total. The van der Waals surface area contributed by atoms with Crippen molar-refractivity contribution in [2.24, 2.45) is 34.5 Å². The number of ketones is 2. The molecule has 4 aliphatic carbocycles. The molecule has 2 aromatic rings. The molecule has 0 spiro atoms. The number of hydrogen-bond acceptors (Lipinski definition) is 5. The molecule has 0 radical (unpaired) electrons. The highest BCUT2D eigenvalue weighted by molar-refractivity contribution is 8.00. The van der Waals surface area contributed by atoms with Crippen LogP contribution >= 0.6 is 11.8 Å². The van der Waals surface area contributed by atoms with Gasteiger partial charge in [-0.2, -0.15) is 0 Å². The van der Waals surface area contributed by atoms with Crippen LogP contribution in [-0.4, -0.2) is 33.5 Å². The standard InChI is InChI=1S/C30H35NO3S/c1-29-13-11-20(32)15-19(29)7-8-22-23-9-10-24(30(23,2)16-25(33)27(22)29)26(34)17-35-28-21-6-4-3-5-18(21)12-14-31-28/h3-6,12,14-15,22-25,27,33H,7-11,13,16-17H2,1-2H3/t22?,23?,24?,25-,27?,29?,30?/m0/s1. The van der Waals surface area contributed by atoms with Gasteiger partial charge < -0.3 is 5.11 Å². The van der Waals surface area contributed by atoms with E-state index in [4.69, 9.17) is 0 Å². The van der Waals surface area contributed by atoms with Crippen LogP contribution in [0, 0.1) is 34.5 Å². The Morgan fingerprint density at radius 1 is 1.14 bits per heavy atom. The third-order valence-corrected chi connectivity index (χ3v) is 11.3. The lowest BCUT2D eigenvalue weighted by Gasteiger charge is -2.59. The van der Waals surface area contributed by atoms with E-state index in [1.165, 1.54) is 5.57 Å². The van der Waals surface area contributed by atoms with Crippen molar-refractivity contribution in [2.45, 2.75) is 69.9 Å². The van der Waals surface area contributed by atoms with Gasteiger partial charge in [0.05, 0.1) is 11.9 Å². The van der Waals surface area contributed by atoms with Crippen LogP contribution in [0.4, 0.5) is 0 Å². The number of benzene rings is 1. The summed E-state index contributed by atoms with van der Waals surface area (Å²) in [5, 5.41) is 14.7. The fourth-order valence-electron chi connectivity index (χ4n) is 8.66. The average Bonchev–Trinajstić information content (AvgIpc) is 3.19. The second-order valence-corrected chi connectivity index (χ2v) is 12.9. The number of aliphatic hydroxyl groups is 1. The zero-order valence-electron chi connectivity index (χ0n) is 20.7. The smallest absolute Gasteiger partial charge is 0.155 e. The number of Topliss-reactive ketones (excluding diaryl/α,β-unsaturated/α-hetero) is 1. The average molecular weight is 490 g/mol. The van der Waals surface area contributed by atoms with Gasteiger partial charge >= 0.3 is 0 Å². The van der Waals surface area contributed by atoms with Gasteiger partial charge in [-0.1, -0.05) is 55.4 Å². The summed E-state index contributed by atoms with van der Waals surface area (Å²) in [6.45, 7) is 4.57. The second-order valence-electron chi connectivity index (χ2n) is 11.9. The number of thioether (sulfide) groups is 1. The molecule has 0 saturated heterocycles. The molecule has 1 aromatic heterocycles. The van der Waals surface area contributed by atoms with Gasteiger partial charge in [-0.15, -0.1) is 0 Å². The molecular weight excluding hydrogens is 454 g/mol. The summed E-state index contributed by atoms with van der Waals surface area (Å²) >= 11 is 1.56. The van der Waals surface area contributed by atoms with Crippen molar-refractivity contribution in [1.82, 2.24) is 4.98 Å². The van der Waals surface area contributed by atoms with Crippen molar-refractivity contribution < 1.29 is 14.7 Å². The predicted octanol–water partition coefficient (Wildman–Crippen LogP) is 6.01. The van der Waals surface area contributed by atoms with Crippen LogP contribution in [0.1, 0.15) is 58.8 Å². The fraction of sp³-hybridized carbons (Fsp3) is 0.567. The number of aliphatic hydroxyl groups excluding tert-OH is 1.